The molecule has 0 aliphatic rings. The zero-order chi connectivity index (χ0) is 15.2. The molecule has 5 heteroatoms. The van der Waals surface area contributed by atoms with Gasteiger partial charge in [0.05, 0.1) is 11.3 Å². The summed E-state index contributed by atoms with van der Waals surface area (Å²) in [5, 5.41) is 2.61. The number of anilines is 1. The lowest BCUT2D eigenvalue weighted by Gasteiger charge is -2.10. The van der Waals surface area contributed by atoms with Crippen LogP contribution in [0.2, 0.25) is 0 Å². The van der Waals surface area contributed by atoms with Crippen LogP contribution in [0.5, 0.6) is 5.75 Å². The largest absolute Gasteiger partial charge is 0.484 e. The van der Waals surface area contributed by atoms with E-state index >= 15 is 0 Å². The Hall–Kier alpha value is -2.82. The molecule has 0 fully saturated rings. The van der Waals surface area contributed by atoms with Gasteiger partial charge in [-0.15, -0.1) is 0 Å². The molecular formula is C16H16N2O3. The summed E-state index contributed by atoms with van der Waals surface area (Å²) in [5.41, 5.74) is 7.00. The molecule has 2 aromatic rings. The minimum Gasteiger partial charge on any atom is -0.484 e. The Kier molecular flexibility index (Phi) is 4.56. The van der Waals surface area contributed by atoms with Crippen LogP contribution in [0.4, 0.5) is 5.69 Å². The predicted octanol–water partition coefficient (Wildman–Crippen LogP) is 2.11. The van der Waals surface area contributed by atoms with Crippen molar-refractivity contribution in [2.45, 2.75) is 6.92 Å². The van der Waals surface area contributed by atoms with Crippen LogP contribution in [-0.2, 0) is 4.79 Å². The molecule has 0 spiro atoms. The fourth-order valence-electron chi connectivity index (χ4n) is 1.78. The van der Waals surface area contributed by atoms with Crippen LogP contribution in [0.1, 0.15) is 15.9 Å². The minimum atomic E-state index is -0.592. The van der Waals surface area contributed by atoms with Crippen molar-refractivity contribution in [3.63, 3.8) is 0 Å². The average Bonchev–Trinajstić information content (AvgIpc) is 2.47. The number of para-hydroxylation sites is 1. The summed E-state index contributed by atoms with van der Waals surface area (Å²) in [6, 6.07) is 13.9. The highest BCUT2D eigenvalue weighted by Gasteiger charge is 2.10. The van der Waals surface area contributed by atoms with Gasteiger partial charge in [0.1, 0.15) is 5.75 Å². The van der Waals surface area contributed by atoms with Crippen molar-refractivity contribution < 1.29 is 14.3 Å². The molecular weight excluding hydrogens is 268 g/mol. The number of ether oxygens (including phenoxy) is 1. The van der Waals surface area contributed by atoms with E-state index in [4.69, 9.17) is 10.5 Å². The van der Waals surface area contributed by atoms with Crippen LogP contribution < -0.4 is 15.8 Å². The van der Waals surface area contributed by atoms with Gasteiger partial charge in [0, 0.05) is 0 Å². The zero-order valence-electron chi connectivity index (χ0n) is 11.6. The molecule has 2 aromatic carbocycles. The maximum Gasteiger partial charge on any atom is 0.262 e. The van der Waals surface area contributed by atoms with Crippen LogP contribution >= 0.6 is 0 Å². The first-order valence-electron chi connectivity index (χ1n) is 6.44. The first-order valence-corrected chi connectivity index (χ1v) is 6.44. The van der Waals surface area contributed by atoms with E-state index in [1.54, 1.807) is 36.4 Å². The quantitative estimate of drug-likeness (QED) is 0.882. The van der Waals surface area contributed by atoms with Crippen molar-refractivity contribution in [2.75, 3.05) is 11.9 Å². The topological polar surface area (TPSA) is 81.4 Å². The van der Waals surface area contributed by atoms with Gasteiger partial charge in [0.25, 0.3) is 11.8 Å². The molecule has 0 aromatic heterocycles. The van der Waals surface area contributed by atoms with Gasteiger partial charge in [0.2, 0.25) is 0 Å². The number of nitrogens with one attached hydrogen (secondary N) is 1. The van der Waals surface area contributed by atoms with Crippen molar-refractivity contribution in [1.29, 1.82) is 0 Å². The van der Waals surface area contributed by atoms with Crippen molar-refractivity contribution in [3.8, 4) is 5.75 Å². The highest BCUT2D eigenvalue weighted by molar-refractivity contribution is 6.03. The third kappa shape index (κ3) is 4.07. The highest BCUT2D eigenvalue weighted by atomic mass is 16.5. The Morgan fingerprint density at radius 2 is 1.76 bits per heavy atom. The number of carbonyl (C=O) groups is 2. The van der Waals surface area contributed by atoms with Crippen LogP contribution in [0.25, 0.3) is 0 Å². The third-order valence-electron chi connectivity index (χ3n) is 2.86. The summed E-state index contributed by atoms with van der Waals surface area (Å²) in [7, 11) is 0. The van der Waals surface area contributed by atoms with Gasteiger partial charge >= 0.3 is 0 Å². The molecule has 21 heavy (non-hydrogen) atoms. The van der Waals surface area contributed by atoms with E-state index in [2.05, 4.69) is 5.32 Å². The SMILES string of the molecule is Cc1ccc(OCC(=O)Nc2ccccc2C(N)=O)cc1. The summed E-state index contributed by atoms with van der Waals surface area (Å²) in [5.74, 6) is -0.339. The van der Waals surface area contributed by atoms with Crippen molar-refractivity contribution in [1.82, 2.24) is 0 Å². The van der Waals surface area contributed by atoms with Gasteiger partial charge < -0.3 is 15.8 Å². The Morgan fingerprint density at radius 3 is 2.43 bits per heavy atom. The molecule has 0 radical (unpaired) electrons. The summed E-state index contributed by atoms with van der Waals surface area (Å²) in [4.78, 5) is 23.1. The van der Waals surface area contributed by atoms with Crippen LogP contribution in [0, 0.1) is 6.92 Å². The van der Waals surface area contributed by atoms with Gasteiger partial charge in [-0.25, -0.2) is 0 Å². The molecule has 108 valence electrons. The monoisotopic (exact) mass is 284 g/mol. The Morgan fingerprint density at radius 1 is 1.10 bits per heavy atom. The van der Waals surface area contributed by atoms with Gasteiger partial charge in [-0.1, -0.05) is 29.8 Å². The number of primary amides is 1. The minimum absolute atomic E-state index is 0.143. The van der Waals surface area contributed by atoms with Crippen molar-refractivity contribution in [2.24, 2.45) is 5.73 Å². The fourth-order valence-corrected chi connectivity index (χ4v) is 1.78. The van der Waals surface area contributed by atoms with Gasteiger partial charge in [0.15, 0.2) is 6.61 Å². The van der Waals surface area contributed by atoms with E-state index in [9.17, 15) is 9.59 Å². The molecule has 0 aliphatic heterocycles. The lowest BCUT2D eigenvalue weighted by Crippen LogP contribution is -2.22. The number of aryl methyl sites for hydroxylation is 1. The third-order valence-corrected chi connectivity index (χ3v) is 2.86. The molecule has 2 amide bonds. The Labute approximate surface area is 122 Å². The highest BCUT2D eigenvalue weighted by Crippen LogP contribution is 2.15. The van der Waals surface area contributed by atoms with E-state index in [-0.39, 0.29) is 18.1 Å². The first kappa shape index (κ1) is 14.6. The maximum atomic E-state index is 11.8. The second kappa shape index (κ2) is 6.56. The lowest BCUT2D eigenvalue weighted by atomic mass is 10.1. The summed E-state index contributed by atoms with van der Waals surface area (Å²) in [6.07, 6.45) is 0. The predicted molar refractivity (Wildman–Crippen MR) is 80.3 cm³/mol. The number of amides is 2. The molecule has 0 bridgehead atoms. The second-order valence-electron chi connectivity index (χ2n) is 4.56. The normalized spacial score (nSPS) is 9.95. The number of hydrogen-bond donors (Lipinski definition) is 2. The number of nitrogens with two attached hydrogens (primary N) is 1. The lowest BCUT2D eigenvalue weighted by molar-refractivity contribution is -0.118. The van der Waals surface area contributed by atoms with E-state index < -0.39 is 5.91 Å². The summed E-state index contributed by atoms with van der Waals surface area (Å²) >= 11 is 0. The fraction of sp³-hybridized carbons (Fsp3) is 0.125. The molecule has 0 unspecified atom stereocenters. The standard InChI is InChI=1S/C16H16N2O3/c1-11-6-8-12(9-7-11)21-10-15(19)18-14-5-3-2-4-13(14)16(17)20/h2-9H,10H2,1H3,(H2,17,20)(H,18,19). The van der Waals surface area contributed by atoms with Crippen molar-refractivity contribution >= 4 is 17.5 Å². The summed E-state index contributed by atoms with van der Waals surface area (Å²) in [6.45, 7) is 1.83. The van der Waals surface area contributed by atoms with E-state index in [0.717, 1.165) is 5.56 Å². The van der Waals surface area contributed by atoms with Gasteiger partial charge in [-0.2, -0.15) is 0 Å². The maximum absolute atomic E-state index is 11.8. The summed E-state index contributed by atoms with van der Waals surface area (Å²) < 4.78 is 5.37. The van der Waals surface area contributed by atoms with E-state index in [1.807, 2.05) is 19.1 Å². The molecule has 3 N–H and O–H groups in total. The number of rotatable bonds is 5. The zero-order valence-corrected chi connectivity index (χ0v) is 11.6. The van der Waals surface area contributed by atoms with Crippen LogP contribution in [-0.4, -0.2) is 18.4 Å². The smallest absolute Gasteiger partial charge is 0.262 e. The molecule has 0 aliphatic carbocycles. The Balaban J connectivity index is 1.96. The molecule has 2 rings (SSSR count). The molecule has 0 saturated carbocycles. The van der Waals surface area contributed by atoms with Gasteiger partial charge in [-0.05, 0) is 31.2 Å². The molecule has 0 heterocycles. The van der Waals surface area contributed by atoms with Gasteiger partial charge in [-0.3, -0.25) is 9.59 Å². The first-order chi connectivity index (χ1) is 10.1. The average molecular weight is 284 g/mol. The van der Waals surface area contributed by atoms with Crippen LogP contribution in [0.15, 0.2) is 48.5 Å². The van der Waals surface area contributed by atoms with Crippen molar-refractivity contribution in [3.05, 3.63) is 59.7 Å². The second-order valence-corrected chi connectivity index (χ2v) is 4.56. The molecule has 0 atom stereocenters. The van der Waals surface area contributed by atoms with Crippen LogP contribution in [0.3, 0.4) is 0 Å². The van der Waals surface area contributed by atoms with E-state index in [0.29, 0.717) is 11.4 Å². The number of carbonyl (C=O) groups excluding carboxylic acids is 2. The molecule has 0 saturated heterocycles. The number of benzene rings is 2. The van der Waals surface area contributed by atoms with E-state index in [1.165, 1.54) is 0 Å². The molecule has 5 nitrogen and oxygen atoms in total. The number of hydrogen-bond acceptors (Lipinski definition) is 3. The Bertz CT molecular complexity index is 651.